The van der Waals surface area contributed by atoms with Crippen molar-refractivity contribution in [1.82, 2.24) is 4.90 Å². The molecule has 0 unspecified atom stereocenters. The standard InChI is InChI=1S/C9H18INO2/c1-9(2,12)7-11-5-3-8(13-10)4-6-11/h8,12H,3-7H2,1-2H3. The Balaban J connectivity index is 2.25. The Kier molecular flexibility index (Phi) is 4.41. The second-order valence-electron chi connectivity index (χ2n) is 4.38. The van der Waals surface area contributed by atoms with E-state index in [2.05, 4.69) is 4.90 Å². The van der Waals surface area contributed by atoms with Gasteiger partial charge in [-0.05, 0) is 26.7 Å². The smallest absolute Gasteiger partial charge is 0.110 e. The minimum Gasteiger partial charge on any atom is -0.389 e. The molecule has 1 aliphatic heterocycles. The van der Waals surface area contributed by atoms with Crippen LogP contribution in [0.2, 0.25) is 0 Å². The third kappa shape index (κ3) is 4.58. The molecule has 0 bridgehead atoms. The summed E-state index contributed by atoms with van der Waals surface area (Å²) in [4.78, 5) is 2.30. The molecule has 0 radical (unpaired) electrons. The first-order valence-corrected chi connectivity index (χ1v) is 5.61. The number of aliphatic hydroxyl groups is 1. The molecule has 1 fully saturated rings. The van der Waals surface area contributed by atoms with E-state index < -0.39 is 5.60 Å². The minimum atomic E-state index is -0.571. The van der Waals surface area contributed by atoms with Crippen molar-refractivity contribution in [3.63, 3.8) is 0 Å². The molecule has 0 aromatic rings. The van der Waals surface area contributed by atoms with Gasteiger partial charge >= 0.3 is 0 Å². The van der Waals surface area contributed by atoms with E-state index in [0.29, 0.717) is 6.10 Å². The maximum absolute atomic E-state index is 9.62. The van der Waals surface area contributed by atoms with E-state index in [-0.39, 0.29) is 0 Å². The van der Waals surface area contributed by atoms with Crippen molar-refractivity contribution < 1.29 is 8.17 Å². The third-order valence-electron chi connectivity index (χ3n) is 2.27. The number of likely N-dealkylation sites (tertiary alicyclic amines) is 1. The highest BCUT2D eigenvalue weighted by Crippen LogP contribution is 2.17. The van der Waals surface area contributed by atoms with Crippen LogP contribution in [0.15, 0.2) is 0 Å². The summed E-state index contributed by atoms with van der Waals surface area (Å²) in [5.74, 6) is 0. The molecule has 3 nitrogen and oxygen atoms in total. The first-order valence-electron chi connectivity index (χ1n) is 4.73. The fraction of sp³-hybridized carbons (Fsp3) is 1.00. The van der Waals surface area contributed by atoms with Gasteiger partial charge in [0.05, 0.1) is 11.7 Å². The molecule has 13 heavy (non-hydrogen) atoms. The van der Waals surface area contributed by atoms with Crippen molar-refractivity contribution >= 4 is 23.0 Å². The van der Waals surface area contributed by atoms with Gasteiger partial charge in [0.1, 0.15) is 23.0 Å². The van der Waals surface area contributed by atoms with Crippen molar-refractivity contribution in [3.8, 4) is 0 Å². The predicted octanol–water partition coefficient (Wildman–Crippen LogP) is 1.59. The molecule has 1 heterocycles. The van der Waals surface area contributed by atoms with Crippen LogP contribution in [0.1, 0.15) is 26.7 Å². The average Bonchev–Trinajstić information content (AvgIpc) is 2.03. The Hall–Kier alpha value is 0.610. The summed E-state index contributed by atoms with van der Waals surface area (Å²) in [7, 11) is 0. The number of β-amino-alcohol motifs (C(OH)–C–C–N with tert-alkyl or cyclic N) is 1. The molecular weight excluding hydrogens is 281 g/mol. The van der Waals surface area contributed by atoms with Gasteiger partial charge in [-0.25, -0.2) is 0 Å². The zero-order chi connectivity index (χ0) is 9.90. The highest BCUT2D eigenvalue weighted by atomic mass is 127. The van der Waals surface area contributed by atoms with Crippen LogP contribution in [0.5, 0.6) is 0 Å². The minimum absolute atomic E-state index is 0.415. The molecule has 1 aliphatic rings. The number of nitrogens with zero attached hydrogens (tertiary/aromatic N) is 1. The molecule has 1 saturated heterocycles. The van der Waals surface area contributed by atoms with Gasteiger partial charge in [0.2, 0.25) is 0 Å². The molecule has 0 atom stereocenters. The third-order valence-corrected chi connectivity index (χ3v) is 2.99. The molecule has 0 aliphatic carbocycles. The van der Waals surface area contributed by atoms with Crippen molar-refractivity contribution in [2.24, 2.45) is 0 Å². The maximum Gasteiger partial charge on any atom is 0.110 e. The summed E-state index contributed by atoms with van der Waals surface area (Å²) < 4.78 is 5.25. The predicted molar refractivity (Wildman–Crippen MR) is 60.9 cm³/mol. The van der Waals surface area contributed by atoms with Crippen molar-refractivity contribution in [2.45, 2.75) is 38.4 Å². The summed E-state index contributed by atoms with van der Waals surface area (Å²) in [6.45, 7) is 6.55. The van der Waals surface area contributed by atoms with Crippen molar-refractivity contribution in [3.05, 3.63) is 0 Å². The van der Waals surface area contributed by atoms with Crippen LogP contribution in [0, 0.1) is 0 Å². The van der Waals surface area contributed by atoms with Gasteiger partial charge in [-0.15, -0.1) is 0 Å². The monoisotopic (exact) mass is 299 g/mol. The Bertz CT molecular complexity index is 150. The Morgan fingerprint density at radius 1 is 1.46 bits per heavy atom. The van der Waals surface area contributed by atoms with Crippen LogP contribution < -0.4 is 0 Å². The number of hydrogen-bond donors (Lipinski definition) is 1. The lowest BCUT2D eigenvalue weighted by Gasteiger charge is -2.34. The number of rotatable bonds is 3. The van der Waals surface area contributed by atoms with E-state index in [4.69, 9.17) is 3.07 Å². The number of halogens is 1. The van der Waals surface area contributed by atoms with E-state index in [1.165, 1.54) is 0 Å². The normalized spacial score (nSPS) is 22.2. The number of hydrogen-bond acceptors (Lipinski definition) is 3. The molecule has 1 rings (SSSR count). The maximum atomic E-state index is 9.62. The van der Waals surface area contributed by atoms with Gasteiger partial charge < -0.3 is 13.1 Å². The van der Waals surface area contributed by atoms with Crippen LogP contribution >= 0.6 is 23.0 Å². The Labute approximate surface area is 94.1 Å². The number of piperidine rings is 1. The lowest BCUT2D eigenvalue weighted by molar-refractivity contribution is 0.0190. The quantitative estimate of drug-likeness (QED) is 0.803. The summed E-state index contributed by atoms with van der Waals surface area (Å²) >= 11 is 1.97. The molecule has 0 aromatic carbocycles. The molecule has 0 amide bonds. The van der Waals surface area contributed by atoms with Gasteiger partial charge in [-0.3, -0.25) is 0 Å². The molecule has 0 spiro atoms. The SMILES string of the molecule is CC(C)(O)CN1CCC(OI)CC1. The average molecular weight is 299 g/mol. The summed E-state index contributed by atoms with van der Waals surface area (Å²) in [6, 6.07) is 0. The van der Waals surface area contributed by atoms with Gasteiger partial charge in [0, 0.05) is 19.6 Å². The van der Waals surface area contributed by atoms with Gasteiger partial charge in [-0.1, -0.05) is 0 Å². The van der Waals surface area contributed by atoms with Gasteiger partial charge in [-0.2, -0.15) is 0 Å². The van der Waals surface area contributed by atoms with Gasteiger partial charge in [0.15, 0.2) is 0 Å². The Morgan fingerprint density at radius 3 is 2.38 bits per heavy atom. The van der Waals surface area contributed by atoms with Crippen LogP contribution in [-0.2, 0) is 3.07 Å². The Morgan fingerprint density at radius 2 is 2.00 bits per heavy atom. The second kappa shape index (κ2) is 4.91. The van der Waals surface area contributed by atoms with Gasteiger partial charge in [0.25, 0.3) is 0 Å². The topological polar surface area (TPSA) is 32.7 Å². The molecule has 1 N–H and O–H groups in total. The highest BCUT2D eigenvalue weighted by Gasteiger charge is 2.23. The van der Waals surface area contributed by atoms with Crippen LogP contribution in [-0.4, -0.2) is 41.3 Å². The van der Waals surface area contributed by atoms with E-state index >= 15 is 0 Å². The van der Waals surface area contributed by atoms with Crippen LogP contribution in [0.3, 0.4) is 0 Å². The second-order valence-corrected chi connectivity index (χ2v) is 4.89. The molecule has 4 heteroatoms. The first-order chi connectivity index (χ1) is 6.01. The van der Waals surface area contributed by atoms with E-state index in [1.54, 1.807) is 0 Å². The summed E-state index contributed by atoms with van der Waals surface area (Å²) in [5, 5.41) is 9.62. The van der Waals surface area contributed by atoms with Crippen LogP contribution in [0.4, 0.5) is 0 Å². The van der Waals surface area contributed by atoms with E-state index in [0.717, 1.165) is 32.5 Å². The summed E-state index contributed by atoms with van der Waals surface area (Å²) in [5.41, 5.74) is -0.571. The molecule has 0 saturated carbocycles. The van der Waals surface area contributed by atoms with Crippen molar-refractivity contribution in [1.29, 1.82) is 0 Å². The van der Waals surface area contributed by atoms with Crippen molar-refractivity contribution in [2.75, 3.05) is 19.6 Å². The van der Waals surface area contributed by atoms with Crippen LogP contribution in [0.25, 0.3) is 0 Å². The summed E-state index contributed by atoms with van der Waals surface area (Å²) in [6.07, 6.45) is 2.58. The lowest BCUT2D eigenvalue weighted by atomic mass is 10.0. The van der Waals surface area contributed by atoms with E-state index in [9.17, 15) is 5.11 Å². The molecule has 0 aromatic heterocycles. The molecular formula is C9H18INO2. The lowest BCUT2D eigenvalue weighted by Crippen LogP contribution is -2.44. The highest BCUT2D eigenvalue weighted by molar-refractivity contribution is 14.1. The fourth-order valence-electron chi connectivity index (χ4n) is 1.70. The zero-order valence-electron chi connectivity index (χ0n) is 8.29. The zero-order valence-corrected chi connectivity index (χ0v) is 10.5. The fourth-order valence-corrected chi connectivity index (χ4v) is 2.21. The largest absolute Gasteiger partial charge is 0.389 e. The first kappa shape index (κ1) is 11.7. The molecule has 78 valence electrons. The van der Waals surface area contributed by atoms with E-state index in [1.807, 2.05) is 36.9 Å².